The number of alkyl halides is 3. The first-order chi connectivity index (χ1) is 14.6. The number of piperidine rings is 1. The lowest BCUT2D eigenvalue weighted by Gasteiger charge is -2.32. The Hall–Kier alpha value is -2.85. The molecule has 2 aromatic heterocycles. The van der Waals surface area contributed by atoms with Crippen LogP contribution in [0.1, 0.15) is 49.5 Å². The number of aryl methyl sites for hydroxylation is 1. The Labute approximate surface area is 177 Å². The zero-order valence-corrected chi connectivity index (χ0v) is 17.4. The lowest BCUT2D eigenvalue weighted by Crippen LogP contribution is -2.41. The third kappa shape index (κ3) is 4.45. The number of hydrogen-bond acceptors (Lipinski definition) is 5. The van der Waals surface area contributed by atoms with E-state index in [0.717, 1.165) is 9.36 Å². The quantitative estimate of drug-likeness (QED) is 0.796. The molecule has 31 heavy (non-hydrogen) atoms. The molecule has 0 saturated carbocycles. The van der Waals surface area contributed by atoms with Crippen LogP contribution in [0, 0.1) is 6.92 Å². The zero-order valence-electron chi connectivity index (χ0n) is 17.4. The maximum Gasteiger partial charge on any atom is 0.410 e. The number of rotatable bonds is 3. The van der Waals surface area contributed by atoms with Crippen molar-refractivity contribution in [1.29, 1.82) is 0 Å². The average Bonchev–Trinajstić information content (AvgIpc) is 3.13. The molecule has 2 aliphatic heterocycles. The van der Waals surface area contributed by atoms with Crippen LogP contribution in [0.2, 0.25) is 0 Å². The van der Waals surface area contributed by atoms with Gasteiger partial charge in [-0.3, -0.25) is 9.59 Å². The average molecular weight is 438 g/mol. The van der Waals surface area contributed by atoms with E-state index in [1.54, 1.807) is 30.9 Å². The van der Waals surface area contributed by atoms with Gasteiger partial charge in [0.15, 0.2) is 6.04 Å². The van der Waals surface area contributed by atoms with Gasteiger partial charge in [0.2, 0.25) is 5.91 Å². The molecule has 2 atom stereocenters. The molecule has 2 aliphatic rings. The topological polar surface area (TPSA) is 85.0 Å². The van der Waals surface area contributed by atoms with Crippen molar-refractivity contribution in [1.82, 2.24) is 24.5 Å². The number of anilines is 1. The molecule has 1 fully saturated rings. The van der Waals surface area contributed by atoms with Gasteiger partial charge in [0.25, 0.3) is 5.56 Å². The molecule has 11 heteroatoms. The normalized spacial score (nSPS) is 22.2. The highest BCUT2D eigenvalue weighted by molar-refractivity contribution is 5.76. The molecule has 8 nitrogen and oxygen atoms in total. The van der Waals surface area contributed by atoms with Crippen LogP contribution in [0.15, 0.2) is 23.0 Å². The molecule has 0 aliphatic carbocycles. The minimum atomic E-state index is -4.36. The third-order valence-corrected chi connectivity index (χ3v) is 5.95. The number of hydrogen-bond donors (Lipinski definition) is 1. The number of halogens is 3. The number of nitrogens with zero attached hydrogens (tertiary/aromatic N) is 5. The van der Waals surface area contributed by atoms with Gasteiger partial charge < -0.3 is 10.2 Å². The Morgan fingerprint density at radius 1 is 1.23 bits per heavy atom. The fourth-order valence-electron chi connectivity index (χ4n) is 4.29. The smallest absolute Gasteiger partial charge is 0.368 e. The van der Waals surface area contributed by atoms with E-state index in [4.69, 9.17) is 0 Å². The standard InChI is InChI=1S/C20H25F3N6O2/c1-12-3-4-18(30)28(25-12)11-19(31)27-7-5-14(6-8-27)15-10-17-24-13(2)9-16(20(21,22)23)29(17)26-15/h3-4,10,13-14,16,24H,5-9,11H2,1-2H3/t13-,16-/m1/s1. The van der Waals surface area contributed by atoms with Gasteiger partial charge in [-0.2, -0.15) is 23.4 Å². The minimum Gasteiger partial charge on any atom is -0.368 e. The largest absolute Gasteiger partial charge is 0.410 e. The highest BCUT2D eigenvalue weighted by Gasteiger charge is 2.45. The van der Waals surface area contributed by atoms with Crippen molar-refractivity contribution >= 4 is 11.7 Å². The summed E-state index contributed by atoms with van der Waals surface area (Å²) in [6, 6.07) is 2.76. The van der Waals surface area contributed by atoms with Crippen LogP contribution in [0.3, 0.4) is 0 Å². The molecular formula is C20H25F3N6O2. The van der Waals surface area contributed by atoms with Crippen molar-refractivity contribution in [3.8, 4) is 0 Å². The van der Waals surface area contributed by atoms with Gasteiger partial charge in [0, 0.05) is 37.2 Å². The highest BCUT2D eigenvalue weighted by atomic mass is 19.4. The van der Waals surface area contributed by atoms with Gasteiger partial charge >= 0.3 is 6.18 Å². The van der Waals surface area contributed by atoms with Crippen LogP contribution in [-0.4, -0.2) is 55.7 Å². The summed E-state index contributed by atoms with van der Waals surface area (Å²) in [6.07, 6.45) is -3.21. The van der Waals surface area contributed by atoms with Gasteiger partial charge in [-0.1, -0.05) is 0 Å². The molecule has 1 saturated heterocycles. The van der Waals surface area contributed by atoms with Gasteiger partial charge in [-0.25, -0.2) is 9.36 Å². The Morgan fingerprint density at radius 2 is 1.94 bits per heavy atom. The second-order valence-electron chi connectivity index (χ2n) is 8.36. The number of aromatic nitrogens is 4. The van der Waals surface area contributed by atoms with E-state index >= 15 is 0 Å². The minimum absolute atomic E-state index is 0.0204. The monoisotopic (exact) mass is 438 g/mol. The molecule has 0 radical (unpaired) electrons. The van der Waals surface area contributed by atoms with Crippen molar-refractivity contribution in [2.45, 2.75) is 63.8 Å². The third-order valence-electron chi connectivity index (χ3n) is 5.95. The van der Waals surface area contributed by atoms with Crippen molar-refractivity contribution in [2.24, 2.45) is 0 Å². The van der Waals surface area contributed by atoms with Crippen molar-refractivity contribution in [3.63, 3.8) is 0 Å². The summed E-state index contributed by atoms with van der Waals surface area (Å²) in [7, 11) is 0. The molecule has 1 N–H and O–H groups in total. The van der Waals surface area contributed by atoms with Crippen molar-refractivity contribution in [3.05, 3.63) is 39.9 Å². The van der Waals surface area contributed by atoms with Gasteiger partial charge in [0.1, 0.15) is 12.4 Å². The number of carbonyl (C=O) groups is 1. The van der Waals surface area contributed by atoms with Crippen LogP contribution in [0.25, 0.3) is 0 Å². The maximum atomic E-state index is 13.5. The fourth-order valence-corrected chi connectivity index (χ4v) is 4.29. The van der Waals surface area contributed by atoms with Crippen LogP contribution >= 0.6 is 0 Å². The zero-order chi connectivity index (χ0) is 22.3. The highest BCUT2D eigenvalue weighted by Crippen LogP contribution is 2.40. The Bertz CT molecular complexity index is 1020. The second kappa shape index (κ2) is 8.01. The van der Waals surface area contributed by atoms with Crippen molar-refractivity contribution < 1.29 is 18.0 Å². The SMILES string of the molecule is Cc1ccc(=O)n(CC(=O)N2CCC(c3cc4n(n3)[C@@H](C(F)(F)F)C[C@@H](C)N4)CC2)n1. The van der Waals surface area contributed by atoms with Crippen LogP contribution in [0.5, 0.6) is 0 Å². The first-order valence-electron chi connectivity index (χ1n) is 10.4. The van der Waals surface area contributed by atoms with Crippen LogP contribution < -0.4 is 10.9 Å². The number of nitrogens with one attached hydrogen (secondary N) is 1. The molecule has 0 bridgehead atoms. The predicted molar refractivity (Wildman–Crippen MR) is 107 cm³/mol. The van der Waals surface area contributed by atoms with Gasteiger partial charge in [0.05, 0.1) is 11.4 Å². The van der Waals surface area contributed by atoms with E-state index in [-0.39, 0.29) is 36.4 Å². The van der Waals surface area contributed by atoms with E-state index in [1.165, 1.54) is 6.07 Å². The molecular weight excluding hydrogens is 413 g/mol. The van der Waals surface area contributed by atoms with E-state index in [2.05, 4.69) is 15.5 Å². The predicted octanol–water partition coefficient (Wildman–Crippen LogP) is 2.46. The lowest BCUT2D eigenvalue weighted by atomic mass is 9.93. The molecule has 4 heterocycles. The fraction of sp³-hybridized carbons (Fsp3) is 0.600. The number of amides is 1. The van der Waals surface area contributed by atoms with Crippen LogP contribution in [0.4, 0.5) is 19.0 Å². The Balaban J connectivity index is 1.42. The number of likely N-dealkylation sites (tertiary alicyclic amines) is 1. The summed E-state index contributed by atoms with van der Waals surface area (Å²) in [5.41, 5.74) is 0.933. The van der Waals surface area contributed by atoms with E-state index in [0.29, 0.717) is 43.1 Å². The molecule has 0 unspecified atom stereocenters. The van der Waals surface area contributed by atoms with Crippen molar-refractivity contribution in [2.75, 3.05) is 18.4 Å². The first-order valence-corrected chi connectivity index (χ1v) is 10.4. The molecule has 2 aromatic rings. The molecule has 1 amide bonds. The number of fused-ring (bicyclic) bond motifs is 1. The number of carbonyl (C=O) groups excluding carboxylic acids is 1. The summed E-state index contributed by atoms with van der Waals surface area (Å²) >= 11 is 0. The first kappa shape index (κ1) is 21.4. The maximum absolute atomic E-state index is 13.5. The Kier molecular flexibility index (Phi) is 5.52. The van der Waals surface area contributed by atoms with Crippen LogP contribution in [-0.2, 0) is 11.3 Å². The van der Waals surface area contributed by atoms with E-state index in [9.17, 15) is 22.8 Å². The molecule has 0 spiro atoms. The summed E-state index contributed by atoms with van der Waals surface area (Å²) in [6.45, 7) is 4.26. The summed E-state index contributed by atoms with van der Waals surface area (Å²) < 4.78 is 42.6. The summed E-state index contributed by atoms with van der Waals surface area (Å²) in [5.74, 6) is 0.169. The molecule has 0 aromatic carbocycles. The van der Waals surface area contributed by atoms with E-state index < -0.39 is 12.2 Å². The summed E-state index contributed by atoms with van der Waals surface area (Å²) in [4.78, 5) is 26.1. The lowest BCUT2D eigenvalue weighted by molar-refractivity contribution is -0.173. The molecule has 168 valence electrons. The van der Waals surface area contributed by atoms with Gasteiger partial charge in [-0.15, -0.1) is 0 Å². The Morgan fingerprint density at radius 3 is 2.61 bits per heavy atom. The molecule has 4 rings (SSSR count). The summed E-state index contributed by atoms with van der Waals surface area (Å²) in [5, 5.41) is 11.5. The second-order valence-corrected chi connectivity index (χ2v) is 8.36. The van der Waals surface area contributed by atoms with E-state index in [1.807, 2.05) is 0 Å². The van der Waals surface area contributed by atoms with Gasteiger partial charge in [-0.05, 0) is 39.2 Å².